The zero-order valence-electron chi connectivity index (χ0n) is 12.6. The minimum absolute atomic E-state index is 0.0160. The monoisotopic (exact) mass is 269 g/mol. The summed E-state index contributed by atoms with van der Waals surface area (Å²) in [6.45, 7) is 8.75. The lowest BCUT2D eigenvalue weighted by Gasteiger charge is -2.32. The predicted octanol–water partition coefficient (Wildman–Crippen LogP) is 2.91. The number of likely N-dealkylation sites (tertiary alicyclic amines) is 1. The van der Waals surface area contributed by atoms with Crippen molar-refractivity contribution in [3.05, 3.63) is 0 Å². The fraction of sp³-hybridized carbons (Fsp3) is 0.867. The smallest absolute Gasteiger partial charge is 0.310 e. The number of carboxylic acid groups (broad SMARTS) is 1. The first kappa shape index (κ1) is 16.0. The molecule has 0 aromatic rings. The van der Waals surface area contributed by atoms with Gasteiger partial charge in [0.1, 0.15) is 0 Å². The Morgan fingerprint density at radius 3 is 2.32 bits per heavy atom. The summed E-state index contributed by atoms with van der Waals surface area (Å²) in [6, 6.07) is 0.285. The maximum absolute atomic E-state index is 12.5. The van der Waals surface area contributed by atoms with E-state index in [1.54, 1.807) is 0 Å². The van der Waals surface area contributed by atoms with Gasteiger partial charge in [-0.2, -0.15) is 0 Å². The van der Waals surface area contributed by atoms with Crippen molar-refractivity contribution in [2.75, 3.05) is 6.54 Å². The molecule has 1 atom stereocenters. The normalized spacial score (nSPS) is 20.1. The number of carbonyl (C=O) groups is 2. The molecule has 1 heterocycles. The van der Waals surface area contributed by atoms with Crippen molar-refractivity contribution in [2.45, 2.75) is 65.8 Å². The number of amides is 1. The standard InChI is InChI=1S/C15H27NO3/c1-5-15(6-2,14(18)19)10-13(17)16-9-7-8-12(16)11(3)4/h11-12H,5-10H2,1-4H3,(H,18,19). The molecule has 0 saturated carbocycles. The van der Waals surface area contributed by atoms with Crippen LogP contribution in [0.5, 0.6) is 0 Å². The summed E-state index contributed by atoms with van der Waals surface area (Å²) in [4.78, 5) is 25.8. The summed E-state index contributed by atoms with van der Waals surface area (Å²) in [6.07, 6.45) is 3.22. The zero-order valence-corrected chi connectivity index (χ0v) is 12.6. The van der Waals surface area contributed by atoms with Crippen molar-refractivity contribution in [2.24, 2.45) is 11.3 Å². The highest BCUT2D eigenvalue weighted by Gasteiger charge is 2.40. The number of hydrogen-bond acceptors (Lipinski definition) is 2. The predicted molar refractivity (Wildman–Crippen MR) is 74.8 cm³/mol. The van der Waals surface area contributed by atoms with Gasteiger partial charge in [-0.05, 0) is 31.6 Å². The van der Waals surface area contributed by atoms with E-state index < -0.39 is 11.4 Å². The van der Waals surface area contributed by atoms with Crippen LogP contribution >= 0.6 is 0 Å². The molecule has 1 rings (SSSR count). The Morgan fingerprint density at radius 1 is 1.32 bits per heavy atom. The van der Waals surface area contributed by atoms with Crippen LogP contribution in [0.25, 0.3) is 0 Å². The molecule has 4 nitrogen and oxygen atoms in total. The summed E-state index contributed by atoms with van der Waals surface area (Å²) in [7, 11) is 0. The van der Waals surface area contributed by atoms with Gasteiger partial charge in [-0.3, -0.25) is 9.59 Å². The number of carboxylic acids is 1. The molecule has 1 aliphatic heterocycles. The number of nitrogens with zero attached hydrogens (tertiary/aromatic N) is 1. The summed E-state index contributed by atoms with van der Waals surface area (Å²) >= 11 is 0. The Hall–Kier alpha value is -1.06. The van der Waals surface area contributed by atoms with Crippen LogP contribution in [0.15, 0.2) is 0 Å². The van der Waals surface area contributed by atoms with Crippen LogP contribution in [0, 0.1) is 11.3 Å². The molecule has 1 fully saturated rings. The third-order valence-electron chi connectivity index (χ3n) is 4.69. The van der Waals surface area contributed by atoms with Gasteiger partial charge < -0.3 is 10.0 Å². The Bertz CT molecular complexity index is 334. The fourth-order valence-corrected chi connectivity index (χ4v) is 3.06. The van der Waals surface area contributed by atoms with Gasteiger partial charge in [0.15, 0.2) is 0 Å². The Balaban J connectivity index is 2.80. The average Bonchev–Trinajstić information content (AvgIpc) is 2.84. The van der Waals surface area contributed by atoms with E-state index in [0.29, 0.717) is 18.8 Å². The molecular weight excluding hydrogens is 242 g/mol. The second-order valence-corrected chi connectivity index (χ2v) is 6.01. The van der Waals surface area contributed by atoms with Crippen LogP contribution in [-0.2, 0) is 9.59 Å². The molecular formula is C15H27NO3. The summed E-state index contributed by atoms with van der Waals surface area (Å²) in [5.74, 6) is -0.387. The number of rotatable bonds is 6. The van der Waals surface area contributed by atoms with E-state index >= 15 is 0 Å². The van der Waals surface area contributed by atoms with E-state index in [-0.39, 0.29) is 18.4 Å². The first-order chi connectivity index (χ1) is 8.88. The van der Waals surface area contributed by atoms with Gasteiger partial charge in [0.05, 0.1) is 5.41 Å². The van der Waals surface area contributed by atoms with Crippen LogP contribution < -0.4 is 0 Å². The maximum Gasteiger partial charge on any atom is 0.310 e. The molecule has 1 amide bonds. The van der Waals surface area contributed by atoms with Gasteiger partial charge in [-0.1, -0.05) is 27.7 Å². The van der Waals surface area contributed by atoms with Crippen LogP contribution in [0.4, 0.5) is 0 Å². The highest BCUT2D eigenvalue weighted by atomic mass is 16.4. The van der Waals surface area contributed by atoms with Crippen molar-refractivity contribution < 1.29 is 14.7 Å². The van der Waals surface area contributed by atoms with Gasteiger partial charge in [0.25, 0.3) is 0 Å². The molecule has 0 radical (unpaired) electrons. The van der Waals surface area contributed by atoms with Crippen LogP contribution in [0.1, 0.15) is 59.8 Å². The molecule has 1 aliphatic rings. The number of aliphatic carboxylic acids is 1. The lowest BCUT2D eigenvalue weighted by molar-refractivity contribution is -0.154. The lowest BCUT2D eigenvalue weighted by Crippen LogP contribution is -2.43. The highest BCUT2D eigenvalue weighted by Crippen LogP contribution is 2.34. The topological polar surface area (TPSA) is 57.6 Å². The van der Waals surface area contributed by atoms with Crippen molar-refractivity contribution >= 4 is 11.9 Å². The molecule has 0 aromatic carbocycles. The quantitative estimate of drug-likeness (QED) is 0.806. The van der Waals surface area contributed by atoms with Crippen LogP contribution in [0.3, 0.4) is 0 Å². The summed E-state index contributed by atoms with van der Waals surface area (Å²) < 4.78 is 0. The maximum atomic E-state index is 12.5. The molecule has 19 heavy (non-hydrogen) atoms. The Morgan fingerprint density at radius 2 is 1.89 bits per heavy atom. The largest absolute Gasteiger partial charge is 0.481 e. The summed E-state index contributed by atoms with van der Waals surface area (Å²) in [5.41, 5.74) is -0.888. The summed E-state index contributed by atoms with van der Waals surface area (Å²) in [5, 5.41) is 9.42. The van der Waals surface area contributed by atoms with E-state index in [0.717, 1.165) is 19.4 Å². The molecule has 4 heteroatoms. The molecule has 0 bridgehead atoms. The van der Waals surface area contributed by atoms with Crippen molar-refractivity contribution in [1.82, 2.24) is 4.90 Å². The fourth-order valence-electron chi connectivity index (χ4n) is 3.06. The van der Waals surface area contributed by atoms with E-state index in [4.69, 9.17) is 0 Å². The minimum Gasteiger partial charge on any atom is -0.481 e. The van der Waals surface area contributed by atoms with E-state index in [2.05, 4.69) is 13.8 Å². The second-order valence-electron chi connectivity index (χ2n) is 6.01. The first-order valence-corrected chi connectivity index (χ1v) is 7.40. The van der Waals surface area contributed by atoms with Crippen molar-refractivity contribution in [3.63, 3.8) is 0 Å². The van der Waals surface area contributed by atoms with Gasteiger partial charge in [0.2, 0.25) is 5.91 Å². The van der Waals surface area contributed by atoms with Gasteiger partial charge in [-0.15, -0.1) is 0 Å². The zero-order chi connectivity index (χ0) is 14.6. The van der Waals surface area contributed by atoms with Crippen molar-refractivity contribution in [1.29, 1.82) is 0 Å². The number of carbonyl (C=O) groups excluding carboxylic acids is 1. The highest BCUT2D eigenvalue weighted by molar-refractivity contribution is 5.85. The molecule has 0 aliphatic carbocycles. The second kappa shape index (κ2) is 6.40. The van der Waals surface area contributed by atoms with Crippen LogP contribution in [-0.4, -0.2) is 34.5 Å². The molecule has 1 unspecified atom stereocenters. The van der Waals surface area contributed by atoms with Crippen LogP contribution in [0.2, 0.25) is 0 Å². The molecule has 1 N–H and O–H groups in total. The van der Waals surface area contributed by atoms with E-state index in [9.17, 15) is 14.7 Å². The average molecular weight is 269 g/mol. The Labute approximate surface area is 116 Å². The number of hydrogen-bond donors (Lipinski definition) is 1. The van der Waals surface area contributed by atoms with E-state index in [1.165, 1.54) is 0 Å². The van der Waals surface area contributed by atoms with Gasteiger partial charge >= 0.3 is 5.97 Å². The molecule has 0 aromatic heterocycles. The van der Waals surface area contributed by atoms with E-state index in [1.807, 2.05) is 18.7 Å². The van der Waals surface area contributed by atoms with Crippen molar-refractivity contribution in [3.8, 4) is 0 Å². The molecule has 0 spiro atoms. The van der Waals surface area contributed by atoms with Gasteiger partial charge in [0, 0.05) is 19.0 Å². The minimum atomic E-state index is -0.888. The third kappa shape index (κ3) is 3.28. The third-order valence-corrected chi connectivity index (χ3v) is 4.69. The van der Waals surface area contributed by atoms with Gasteiger partial charge in [-0.25, -0.2) is 0 Å². The SMILES string of the molecule is CCC(CC)(CC(=O)N1CCCC1C(C)C)C(=O)O. The molecule has 110 valence electrons. The lowest BCUT2D eigenvalue weighted by atomic mass is 9.78. The first-order valence-electron chi connectivity index (χ1n) is 7.40. The Kier molecular flexibility index (Phi) is 5.39. The molecule has 1 saturated heterocycles.